The van der Waals surface area contributed by atoms with Gasteiger partial charge in [-0.2, -0.15) is 0 Å². The molecule has 0 heterocycles. The zero-order valence-electron chi connectivity index (χ0n) is 12.3. The van der Waals surface area contributed by atoms with Gasteiger partial charge in [-0.25, -0.2) is 0 Å². The maximum Gasteiger partial charge on any atom is 0.231 e. The van der Waals surface area contributed by atoms with Crippen LogP contribution in [0.15, 0.2) is 23.1 Å². The van der Waals surface area contributed by atoms with Crippen molar-refractivity contribution in [3.63, 3.8) is 0 Å². The number of hydrogen-bond donors (Lipinski definition) is 2. The highest BCUT2D eigenvalue weighted by atomic mass is 32.2. The molecule has 1 aromatic carbocycles. The number of amides is 1. The van der Waals surface area contributed by atoms with E-state index >= 15 is 0 Å². The molecule has 0 bridgehead atoms. The summed E-state index contributed by atoms with van der Waals surface area (Å²) in [6.07, 6.45) is 7.00. The maximum absolute atomic E-state index is 12.0. The molecule has 3 N–H and O–H groups in total. The predicted molar refractivity (Wildman–Crippen MR) is 86.6 cm³/mol. The average molecular weight is 290 g/mol. The Balaban J connectivity index is 2.64. The molecule has 20 heavy (non-hydrogen) atoms. The van der Waals surface area contributed by atoms with E-state index in [-0.39, 0.29) is 5.91 Å². The molecule has 0 saturated carbocycles. The van der Waals surface area contributed by atoms with E-state index in [2.05, 4.69) is 11.2 Å². The lowest BCUT2D eigenvalue weighted by Gasteiger charge is -2.27. The van der Waals surface area contributed by atoms with Gasteiger partial charge in [0.15, 0.2) is 0 Å². The number of carbonyl (C=O) groups excluding carboxylic acids is 1. The third-order valence-electron chi connectivity index (χ3n) is 3.43. The number of terminal acetylenes is 1. The van der Waals surface area contributed by atoms with Crippen molar-refractivity contribution in [2.75, 3.05) is 11.5 Å². The molecule has 0 spiro atoms. The van der Waals surface area contributed by atoms with Crippen LogP contribution in [0.5, 0.6) is 0 Å². The minimum Gasteiger partial charge on any atom is -0.399 e. The van der Waals surface area contributed by atoms with E-state index in [0.717, 1.165) is 23.3 Å². The van der Waals surface area contributed by atoms with Crippen molar-refractivity contribution in [2.24, 2.45) is 0 Å². The van der Waals surface area contributed by atoms with Crippen LogP contribution in [-0.4, -0.2) is 17.2 Å². The minimum absolute atomic E-state index is 0.0431. The van der Waals surface area contributed by atoms with Crippen molar-refractivity contribution in [2.45, 2.75) is 44.0 Å². The van der Waals surface area contributed by atoms with Crippen LogP contribution in [0.4, 0.5) is 5.69 Å². The summed E-state index contributed by atoms with van der Waals surface area (Å²) in [7, 11) is 0. The predicted octanol–water partition coefficient (Wildman–Crippen LogP) is 2.98. The number of nitrogens with one attached hydrogen (secondary N) is 1. The average Bonchev–Trinajstić information content (AvgIpc) is 2.46. The molecular weight excluding hydrogens is 268 g/mol. The van der Waals surface area contributed by atoms with Crippen LogP contribution in [0.1, 0.15) is 32.3 Å². The molecule has 1 amide bonds. The molecule has 0 aliphatic heterocycles. The molecule has 0 aliphatic carbocycles. The Morgan fingerprint density at radius 3 is 2.65 bits per heavy atom. The fourth-order valence-electron chi connectivity index (χ4n) is 1.89. The lowest BCUT2D eigenvalue weighted by Crippen LogP contribution is -2.47. The first-order valence-electron chi connectivity index (χ1n) is 6.74. The van der Waals surface area contributed by atoms with Gasteiger partial charge in [-0.3, -0.25) is 4.79 Å². The second-order valence-corrected chi connectivity index (χ2v) is 5.81. The van der Waals surface area contributed by atoms with Crippen molar-refractivity contribution in [1.82, 2.24) is 5.32 Å². The topological polar surface area (TPSA) is 55.1 Å². The summed E-state index contributed by atoms with van der Waals surface area (Å²) in [5.41, 5.74) is 7.06. The highest BCUT2D eigenvalue weighted by molar-refractivity contribution is 8.00. The number of hydrogen-bond acceptors (Lipinski definition) is 3. The van der Waals surface area contributed by atoms with Crippen LogP contribution >= 0.6 is 11.8 Å². The number of carbonyl (C=O) groups is 1. The van der Waals surface area contributed by atoms with Crippen LogP contribution in [0.3, 0.4) is 0 Å². The van der Waals surface area contributed by atoms with Crippen LogP contribution in [0.2, 0.25) is 0 Å². The molecule has 0 aliphatic rings. The molecule has 1 rings (SSSR count). The number of aryl methyl sites for hydroxylation is 1. The quantitative estimate of drug-likeness (QED) is 0.481. The van der Waals surface area contributed by atoms with Crippen LogP contribution in [0.25, 0.3) is 0 Å². The zero-order chi connectivity index (χ0) is 15.2. The molecule has 108 valence electrons. The van der Waals surface area contributed by atoms with Gasteiger partial charge in [-0.15, -0.1) is 18.2 Å². The summed E-state index contributed by atoms with van der Waals surface area (Å²) >= 11 is 1.48. The maximum atomic E-state index is 12.0. The van der Waals surface area contributed by atoms with Gasteiger partial charge < -0.3 is 11.1 Å². The lowest BCUT2D eigenvalue weighted by atomic mass is 9.94. The molecule has 0 atom stereocenters. The summed E-state index contributed by atoms with van der Waals surface area (Å²) in [5, 5.41) is 2.96. The molecule has 0 fully saturated rings. The van der Waals surface area contributed by atoms with E-state index < -0.39 is 5.54 Å². The van der Waals surface area contributed by atoms with Gasteiger partial charge in [0, 0.05) is 10.6 Å². The number of benzene rings is 1. The van der Waals surface area contributed by atoms with Gasteiger partial charge in [0.2, 0.25) is 5.91 Å². The molecule has 0 saturated heterocycles. The largest absolute Gasteiger partial charge is 0.399 e. The lowest BCUT2D eigenvalue weighted by molar-refractivity contribution is -0.119. The molecule has 1 aromatic rings. The van der Waals surface area contributed by atoms with Crippen molar-refractivity contribution in [3.05, 3.63) is 23.8 Å². The van der Waals surface area contributed by atoms with Crippen molar-refractivity contribution in [1.29, 1.82) is 0 Å². The Labute approximate surface area is 125 Å². The van der Waals surface area contributed by atoms with E-state index in [1.807, 2.05) is 39.0 Å². The van der Waals surface area contributed by atoms with E-state index in [1.165, 1.54) is 11.8 Å². The van der Waals surface area contributed by atoms with Gasteiger partial charge in [-0.05, 0) is 37.5 Å². The summed E-state index contributed by atoms with van der Waals surface area (Å²) in [4.78, 5) is 13.1. The van der Waals surface area contributed by atoms with E-state index in [1.54, 1.807) is 0 Å². The second kappa shape index (κ2) is 7.25. The normalized spacial score (nSPS) is 10.9. The molecular formula is C16H22N2OS. The Morgan fingerprint density at radius 2 is 2.10 bits per heavy atom. The minimum atomic E-state index is -0.525. The number of anilines is 1. The zero-order valence-corrected chi connectivity index (χ0v) is 13.1. The fourth-order valence-corrected chi connectivity index (χ4v) is 2.76. The molecule has 0 radical (unpaired) electrons. The first-order valence-corrected chi connectivity index (χ1v) is 7.72. The van der Waals surface area contributed by atoms with E-state index in [9.17, 15) is 4.79 Å². The smallest absolute Gasteiger partial charge is 0.231 e. The van der Waals surface area contributed by atoms with Crippen molar-refractivity contribution < 1.29 is 4.79 Å². The van der Waals surface area contributed by atoms with E-state index in [0.29, 0.717) is 11.4 Å². The summed E-state index contributed by atoms with van der Waals surface area (Å²) in [6.45, 7) is 5.97. The van der Waals surface area contributed by atoms with Crippen molar-refractivity contribution >= 4 is 23.4 Å². The highest BCUT2D eigenvalue weighted by Gasteiger charge is 2.25. The third-order valence-corrected chi connectivity index (χ3v) is 4.59. The Kier molecular flexibility index (Phi) is 5.97. The Hall–Kier alpha value is -1.60. The summed E-state index contributed by atoms with van der Waals surface area (Å²) < 4.78 is 0. The molecule has 0 aromatic heterocycles. The number of nitrogen functional groups attached to an aromatic ring is 1. The summed E-state index contributed by atoms with van der Waals surface area (Å²) in [5.74, 6) is 3.00. The molecule has 0 unspecified atom stereocenters. The number of nitrogens with two attached hydrogens (primary N) is 1. The second-order valence-electron chi connectivity index (χ2n) is 4.80. The first kappa shape index (κ1) is 16.5. The number of thioether (sulfide) groups is 1. The Bertz CT molecular complexity index is 516. The van der Waals surface area contributed by atoms with Crippen LogP contribution < -0.4 is 11.1 Å². The van der Waals surface area contributed by atoms with Gasteiger partial charge in [0.05, 0.1) is 5.75 Å². The molecule has 4 heteroatoms. The van der Waals surface area contributed by atoms with Gasteiger partial charge in [0.1, 0.15) is 5.54 Å². The monoisotopic (exact) mass is 290 g/mol. The standard InChI is InChI=1S/C16H22N2OS/c1-5-16(6-2,7-3)18-15(19)11-20-14-10-13(17)9-8-12(14)4/h1,8-10H,6-7,11,17H2,2-4H3,(H,18,19). The third kappa shape index (κ3) is 4.21. The summed E-state index contributed by atoms with van der Waals surface area (Å²) in [6, 6.07) is 5.71. The first-order chi connectivity index (χ1) is 9.46. The number of rotatable bonds is 6. The SMILES string of the molecule is C#CC(CC)(CC)NC(=O)CSc1cc(N)ccc1C. The molecule has 3 nitrogen and oxygen atoms in total. The fraction of sp³-hybridized carbons (Fsp3) is 0.438. The van der Waals surface area contributed by atoms with Crippen LogP contribution in [-0.2, 0) is 4.79 Å². The van der Waals surface area contributed by atoms with Crippen molar-refractivity contribution in [3.8, 4) is 12.3 Å². The van der Waals surface area contributed by atoms with E-state index in [4.69, 9.17) is 12.2 Å². The highest BCUT2D eigenvalue weighted by Crippen LogP contribution is 2.24. The van der Waals surface area contributed by atoms with Gasteiger partial charge >= 0.3 is 0 Å². The van der Waals surface area contributed by atoms with Gasteiger partial charge in [0.25, 0.3) is 0 Å². The Morgan fingerprint density at radius 1 is 1.45 bits per heavy atom. The van der Waals surface area contributed by atoms with Crippen LogP contribution in [0, 0.1) is 19.3 Å². The van der Waals surface area contributed by atoms with Gasteiger partial charge in [-0.1, -0.05) is 25.8 Å².